The van der Waals surface area contributed by atoms with E-state index in [2.05, 4.69) is 35.3 Å². The van der Waals surface area contributed by atoms with E-state index in [4.69, 9.17) is 5.11 Å². The molecule has 1 aromatic rings. The molecule has 0 spiro atoms. The molecule has 2 rings (SSSR count). The molecule has 1 aliphatic heterocycles. The molecular formula is C16H22N2O3. The minimum absolute atomic E-state index is 0.176. The SMILES string of the molecule is Cc1cccc(CN2CCCCC2C(=O)NCC(=O)O)c1. The van der Waals surface area contributed by atoms with Crippen molar-refractivity contribution < 1.29 is 14.7 Å². The third-order valence-electron chi connectivity index (χ3n) is 3.80. The minimum atomic E-state index is -1.01. The lowest BCUT2D eigenvalue weighted by atomic mass is 10.00. The minimum Gasteiger partial charge on any atom is -0.480 e. The first-order chi connectivity index (χ1) is 10.1. The van der Waals surface area contributed by atoms with Crippen LogP contribution >= 0.6 is 0 Å². The molecule has 21 heavy (non-hydrogen) atoms. The molecule has 0 saturated carbocycles. The van der Waals surface area contributed by atoms with Crippen molar-refractivity contribution in [2.45, 2.75) is 38.8 Å². The molecule has 1 heterocycles. The van der Waals surface area contributed by atoms with Crippen LogP contribution in [0, 0.1) is 6.92 Å². The van der Waals surface area contributed by atoms with E-state index in [1.807, 2.05) is 6.07 Å². The molecule has 1 aliphatic rings. The maximum absolute atomic E-state index is 12.2. The number of carbonyl (C=O) groups is 2. The van der Waals surface area contributed by atoms with Crippen molar-refractivity contribution in [2.75, 3.05) is 13.1 Å². The second-order valence-electron chi connectivity index (χ2n) is 5.58. The van der Waals surface area contributed by atoms with Crippen molar-refractivity contribution in [1.29, 1.82) is 0 Å². The van der Waals surface area contributed by atoms with Crippen LogP contribution in [0.25, 0.3) is 0 Å². The molecule has 0 aromatic heterocycles. The molecule has 2 N–H and O–H groups in total. The summed E-state index contributed by atoms with van der Waals surface area (Å²) in [5, 5.41) is 11.2. The molecular weight excluding hydrogens is 268 g/mol. The van der Waals surface area contributed by atoms with E-state index in [1.54, 1.807) is 0 Å². The second kappa shape index (κ2) is 7.22. The zero-order valence-corrected chi connectivity index (χ0v) is 12.3. The number of nitrogens with zero attached hydrogens (tertiary/aromatic N) is 1. The van der Waals surface area contributed by atoms with Gasteiger partial charge in [-0.2, -0.15) is 0 Å². The fraction of sp³-hybridized carbons (Fsp3) is 0.500. The average molecular weight is 290 g/mol. The number of benzene rings is 1. The summed E-state index contributed by atoms with van der Waals surface area (Å²) in [4.78, 5) is 24.9. The molecule has 1 aromatic carbocycles. The average Bonchev–Trinajstić information content (AvgIpc) is 2.45. The van der Waals surface area contributed by atoms with Gasteiger partial charge in [-0.1, -0.05) is 36.2 Å². The Kier molecular flexibility index (Phi) is 5.33. The van der Waals surface area contributed by atoms with Crippen LogP contribution in [0.15, 0.2) is 24.3 Å². The zero-order chi connectivity index (χ0) is 15.2. The van der Waals surface area contributed by atoms with Gasteiger partial charge in [-0.15, -0.1) is 0 Å². The number of nitrogens with one attached hydrogen (secondary N) is 1. The summed E-state index contributed by atoms with van der Waals surface area (Å²) in [6.07, 6.45) is 2.88. The highest BCUT2D eigenvalue weighted by molar-refractivity contribution is 5.85. The van der Waals surface area contributed by atoms with Gasteiger partial charge in [-0.25, -0.2) is 0 Å². The van der Waals surface area contributed by atoms with Gasteiger partial charge in [0, 0.05) is 6.54 Å². The highest BCUT2D eigenvalue weighted by Gasteiger charge is 2.28. The van der Waals surface area contributed by atoms with E-state index in [9.17, 15) is 9.59 Å². The number of carboxylic acids is 1. The van der Waals surface area contributed by atoms with Crippen LogP contribution in [0.1, 0.15) is 30.4 Å². The maximum atomic E-state index is 12.2. The molecule has 5 nitrogen and oxygen atoms in total. The van der Waals surface area contributed by atoms with E-state index < -0.39 is 5.97 Å². The van der Waals surface area contributed by atoms with Gasteiger partial charge in [0.15, 0.2) is 0 Å². The molecule has 0 aliphatic carbocycles. The van der Waals surface area contributed by atoms with E-state index in [0.29, 0.717) is 0 Å². The molecule has 0 radical (unpaired) electrons. The zero-order valence-electron chi connectivity index (χ0n) is 12.3. The fourth-order valence-electron chi connectivity index (χ4n) is 2.80. The lowest BCUT2D eigenvalue weighted by Crippen LogP contribution is -2.49. The maximum Gasteiger partial charge on any atom is 0.322 e. The van der Waals surface area contributed by atoms with Gasteiger partial charge in [-0.05, 0) is 31.9 Å². The number of piperidine rings is 1. The van der Waals surface area contributed by atoms with Gasteiger partial charge in [0.25, 0.3) is 0 Å². The number of aryl methyl sites for hydroxylation is 1. The molecule has 114 valence electrons. The predicted octanol–water partition coefficient (Wildman–Crippen LogP) is 1.55. The first kappa shape index (κ1) is 15.5. The number of hydrogen-bond acceptors (Lipinski definition) is 3. The molecule has 1 unspecified atom stereocenters. The number of aliphatic carboxylic acids is 1. The predicted molar refractivity (Wildman–Crippen MR) is 79.9 cm³/mol. The first-order valence-electron chi connectivity index (χ1n) is 7.35. The number of carbonyl (C=O) groups excluding carboxylic acids is 1. The van der Waals surface area contributed by atoms with Crippen molar-refractivity contribution in [2.24, 2.45) is 0 Å². The lowest BCUT2D eigenvalue weighted by molar-refractivity contribution is -0.139. The van der Waals surface area contributed by atoms with Crippen LogP contribution in [0.4, 0.5) is 0 Å². The van der Waals surface area contributed by atoms with Gasteiger partial charge < -0.3 is 10.4 Å². The summed E-state index contributed by atoms with van der Waals surface area (Å²) in [6.45, 7) is 3.34. The van der Waals surface area contributed by atoms with Crippen molar-refractivity contribution in [1.82, 2.24) is 10.2 Å². The quantitative estimate of drug-likeness (QED) is 0.863. The Bertz CT molecular complexity index is 516. The number of likely N-dealkylation sites (tertiary alicyclic amines) is 1. The topological polar surface area (TPSA) is 69.6 Å². The van der Waals surface area contributed by atoms with Crippen molar-refractivity contribution in [3.8, 4) is 0 Å². The van der Waals surface area contributed by atoms with Gasteiger partial charge >= 0.3 is 5.97 Å². The molecule has 1 atom stereocenters. The molecule has 1 amide bonds. The summed E-state index contributed by atoms with van der Waals surface area (Å²) < 4.78 is 0. The number of hydrogen-bond donors (Lipinski definition) is 2. The fourth-order valence-corrected chi connectivity index (χ4v) is 2.80. The van der Waals surface area contributed by atoms with E-state index in [-0.39, 0.29) is 18.5 Å². The molecule has 5 heteroatoms. The Labute approximate surface area is 125 Å². The van der Waals surface area contributed by atoms with Crippen molar-refractivity contribution >= 4 is 11.9 Å². The van der Waals surface area contributed by atoms with Gasteiger partial charge in [0.1, 0.15) is 6.54 Å². The third kappa shape index (κ3) is 4.56. The Balaban J connectivity index is 2.01. The summed E-state index contributed by atoms with van der Waals surface area (Å²) in [5.41, 5.74) is 2.39. The van der Waals surface area contributed by atoms with Crippen LogP contribution in [-0.2, 0) is 16.1 Å². The Morgan fingerprint density at radius 2 is 2.19 bits per heavy atom. The van der Waals surface area contributed by atoms with E-state index in [1.165, 1.54) is 11.1 Å². The molecule has 1 saturated heterocycles. The number of carboxylic acid groups (broad SMARTS) is 1. The lowest BCUT2D eigenvalue weighted by Gasteiger charge is -2.34. The van der Waals surface area contributed by atoms with Crippen LogP contribution in [-0.4, -0.2) is 41.0 Å². The van der Waals surface area contributed by atoms with Crippen LogP contribution in [0.3, 0.4) is 0 Å². The summed E-state index contributed by atoms with van der Waals surface area (Å²) in [7, 11) is 0. The van der Waals surface area contributed by atoms with Crippen molar-refractivity contribution in [3.05, 3.63) is 35.4 Å². The largest absolute Gasteiger partial charge is 0.480 e. The number of rotatable bonds is 5. The first-order valence-corrected chi connectivity index (χ1v) is 7.35. The Morgan fingerprint density at radius 1 is 1.38 bits per heavy atom. The molecule has 1 fully saturated rings. The normalized spacial score (nSPS) is 19.2. The molecule has 0 bridgehead atoms. The summed E-state index contributed by atoms with van der Waals surface area (Å²) in [6, 6.07) is 8.04. The third-order valence-corrected chi connectivity index (χ3v) is 3.80. The smallest absolute Gasteiger partial charge is 0.322 e. The second-order valence-corrected chi connectivity index (χ2v) is 5.58. The van der Waals surface area contributed by atoms with Gasteiger partial charge in [-0.3, -0.25) is 14.5 Å². The van der Waals surface area contributed by atoms with Crippen LogP contribution in [0.5, 0.6) is 0 Å². The number of amides is 1. The summed E-state index contributed by atoms with van der Waals surface area (Å²) >= 11 is 0. The van der Waals surface area contributed by atoms with Crippen molar-refractivity contribution in [3.63, 3.8) is 0 Å². The van der Waals surface area contributed by atoms with Gasteiger partial charge in [0.2, 0.25) is 5.91 Å². The van der Waals surface area contributed by atoms with Crippen LogP contribution < -0.4 is 5.32 Å². The van der Waals surface area contributed by atoms with E-state index in [0.717, 1.165) is 32.4 Å². The Morgan fingerprint density at radius 3 is 2.90 bits per heavy atom. The monoisotopic (exact) mass is 290 g/mol. The van der Waals surface area contributed by atoms with Gasteiger partial charge in [0.05, 0.1) is 6.04 Å². The Hall–Kier alpha value is -1.88. The van der Waals surface area contributed by atoms with Crippen LogP contribution in [0.2, 0.25) is 0 Å². The highest BCUT2D eigenvalue weighted by Crippen LogP contribution is 2.20. The summed E-state index contributed by atoms with van der Waals surface area (Å²) in [5.74, 6) is -1.19. The van der Waals surface area contributed by atoms with E-state index >= 15 is 0 Å². The highest BCUT2D eigenvalue weighted by atomic mass is 16.4. The standard InChI is InChI=1S/C16H22N2O3/c1-12-5-4-6-13(9-12)11-18-8-3-2-7-14(18)16(21)17-10-15(19)20/h4-6,9,14H,2-3,7-8,10-11H2,1H3,(H,17,21)(H,19,20).